The van der Waals surface area contributed by atoms with Crippen molar-refractivity contribution in [2.45, 2.75) is 99.9 Å². The number of fused-ring (bicyclic) bond motifs is 4. The van der Waals surface area contributed by atoms with Crippen LogP contribution in [0.4, 0.5) is 0 Å². The van der Waals surface area contributed by atoms with Gasteiger partial charge in [-0.05, 0) is 72.2 Å². The average Bonchev–Trinajstić information content (AvgIpc) is 4.41. The predicted octanol–water partition coefficient (Wildman–Crippen LogP) is 1.16. The molecule has 28 heteroatoms. The van der Waals surface area contributed by atoms with Crippen LogP contribution < -0.4 is 22.9 Å². The number of nitrogens with one attached hydrogen (secondary N) is 4. The molecule has 0 amide bonds. The fourth-order valence-corrected chi connectivity index (χ4v) is 8.13. The summed E-state index contributed by atoms with van der Waals surface area (Å²) >= 11 is 0. The van der Waals surface area contributed by atoms with Gasteiger partial charge in [-0.15, -0.1) is 0 Å². The molecular weight excluding hydrogens is 1100 g/mol. The van der Waals surface area contributed by atoms with Gasteiger partial charge in [0.15, 0.2) is 0 Å². The molecule has 4 aromatic carbocycles. The summed E-state index contributed by atoms with van der Waals surface area (Å²) in [4.78, 5) is 120. The van der Waals surface area contributed by atoms with Gasteiger partial charge in [-0.25, -0.2) is 0 Å². The second kappa shape index (κ2) is 39.5. The van der Waals surface area contributed by atoms with Crippen molar-refractivity contribution in [3.8, 4) is 0 Å². The lowest BCUT2D eigenvalue weighted by Crippen LogP contribution is -2.34. The number of carboxylic acid groups (broad SMARTS) is 4. The van der Waals surface area contributed by atoms with Crippen LogP contribution in [0.3, 0.4) is 0 Å². The summed E-state index contributed by atoms with van der Waals surface area (Å²) in [6.45, 7) is 0. The highest BCUT2D eigenvalue weighted by molar-refractivity contribution is 5.85. The van der Waals surface area contributed by atoms with Gasteiger partial charge in [0.05, 0.1) is 24.4 Å². The van der Waals surface area contributed by atoms with Crippen LogP contribution in [0.2, 0.25) is 0 Å². The van der Waals surface area contributed by atoms with Gasteiger partial charge in [-0.2, -0.15) is 38.4 Å². The smallest absolute Gasteiger partial charge is 0.373 e. The van der Waals surface area contributed by atoms with Crippen molar-refractivity contribution in [3.05, 3.63) is 144 Å². The number of carboxylic acids is 4. The third-order valence-electron chi connectivity index (χ3n) is 11.9. The molecule has 8 atom stereocenters. The first-order chi connectivity index (χ1) is 40.0. The number of nitrogens with two attached hydrogens (primary N) is 4. The molecule has 4 heterocycles. The van der Waals surface area contributed by atoms with E-state index in [1.54, 1.807) is 0 Å². The Morgan fingerprint density at radius 2 is 0.488 bits per heavy atom. The van der Waals surface area contributed by atoms with Crippen molar-refractivity contribution in [1.29, 1.82) is 0 Å². The van der Waals surface area contributed by atoms with E-state index in [1.807, 2.05) is 122 Å². The van der Waals surface area contributed by atoms with Crippen molar-refractivity contribution >= 4 is 92.1 Å². The van der Waals surface area contributed by atoms with Gasteiger partial charge in [0.2, 0.25) is 0 Å². The van der Waals surface area contributed by atoms with Crippen LogP contribution in [0.1, 0.15) is 47.9 Å². The molecule has 8 rings (SSSR count). The van der Waals surface area contributed by atoms with Gasteiger partial charge >= 0.3 is 48.5 Å². The van der Waals surface area contributed by atoms with Crippen molar-refractivity contribution < 1.29 is 98.4 Å². The fourth-order valence-electron chi connectivity index (χ4n) is 8.13. The van der Waals surface area contributed by atoms with Crippen molar-refractivity contribution in [2.24, 2.45) is 22.9 Å². The maximum atomic E-state index is 10.6. The zero-order valence-electron chi connectivity index (χ0n) is 44.6. The molecule has 28 nitrogen and oxygen atoms in total. The minimum absolute atomic E-state index is 0.0504. The zero-order valence-corrected chi connectivity index (χ0v) is 44.6. The molecule has 4 aromatic heterocycles. The molecule has 448 valence electrons. The Labute approximate surface area is 476 Å². The first-order valence-corrected chi connectivity index (χ1v) is 24.8. The van der Waals surface area contributed by atoms with Crippen LogP contribution in [-0.4, -0.2) is 158 Å². The summed E-state index contributed by atoms with van der Waals surface area (Å²) < 4.78 is 0. The van der Waals surface area contributed by atoms with Gasteiger partial charge < -0.3 is 83.7 Å². The standard InChI is InChI=1S/4C13H16N2O3.4CO2/c4*14-11(13(17)18)6-9(16)5-8-7-15-12-4-2-1-3-10(8)12;4*2-1-3/h4*1-4,7,9,11,15-16H,5-6,14H2,(H,17,18);;;;/t2*9-,11+;2*9-,11-;;;;/m1010..../s1. The normalized spacial score (nSPS) is 12.9. The van der Waals surface area contributed by atoms with E-state index in [2.05, 4.69) is 19.9 Å². The Kier molecular flexibility index (Phi) is 33.9. The SMILES string of the molecule is N[C@@H](C[C@@H](O)Cc1c[nH]c2ccccc12)C(=O)O.N[C@@H](C[C@H](O)Cc1c[nH]c2ccccc12)C(=O)O.N[C@H](C[C@@H](O)Cc1c[nH]c2ccccc12)C(=O)O.N[C@H](C[C@H](O)Cc1c[nH]c2ccccc12)C(=O)O.O=C=O.O=C=O.O=C=O.O=C=O. The lowest BCUT2D eigenvalue weighted by atomic mass is 10.0. The minimum atomic E-state index is -1.09. The highest BCUT2D eigenvalue weighted by Crippen LogP contribution is 2.23. The molecule has 0 fully saturated rings. The number of carbonyl (C=O) groups excluding carboxylic acids is 8. The van der Waals surface area contributed by atoms with E-state index >= 15 is 0 Å². The van der Waals surface area contributed by atoms with E-state index in [9.17, 15) is 39.6 Å². The first-order valence-electron chi connectivity index (χ1n) is 24.8. The van der Waals surface area contributed by atoms with Crippen LogP contribution in [-0.2, 0) is 83.2 Å². The number of H-pyrrole nitrogens is 4. The van der Waals surface area contributed by atoms with E-state index in [0.717, 1.165) is 65.9 Å². The van der Waals surface area contributed by atoms with E-state index in [-0.39, 0.29) is 50.3 Å². The van der Waals surface area contributed by atoms with Crippen LogP contribution in [0.5, 0.6) is 0 Å². The summed E-state index contributed by atoms with van der Waals surface area (Å²) in [6, 6.07) is 27.0. The largest absolute Gasteiger partial charge is 0.480 e. The molecule has 8 aromatic rings. The van der Waals surface area contributed by atoms with E-state index in [0.29, 0.717) is 25.7 Å². The summed E-state index contributed by atoms with van der Waals surface area (Å²) in [6.07, 6.45) is 7.09. The first kappa shape index (κ1) is 72.1. The Balaban J connectivity index is 0.000000525. The van der Waals surface area contributed by atoms with Crippen molar-refractivity contribution in [3.63, 3.8) is 0 Å². The third-order valence-corrected chi connectivity index (χ3v) is 11.9. The molecule has 20 N–H and O–H groups in total. The Hall–Kier alpha value is -9.88. The van der Waals surface area contributed by atoms with Gasteiger partial charge in [-0.1, -0.05) is 72.8 Å². The number of aliphatic hydroxyl groups excluding tert-OH is 4. The number of carbonyl (C=O) groups is 4. The number of rotatable bonds is 20. The van der Waals surface area contributed by atoms with Crippen LogP contribution in [0, 0.1) is 0 Å². The lowest BCUT2D eigenvalue weighted by molar-refractivity contribution is -0.193. The molecule has 84 heavy (non-hydrogen) atoms. The highest BCUT2D eigenvalue weighted by atomic mass is 16.4. The summed E-state index contributed by atoms with van der Waals surface area (Å²) in [5.41, 5.74) is 29.4. The molecule has 0 saturated carbocycles. The molecular formula is C56H64N8O20. The maximum absolute atomic E-state index is 10.6. The molecule has 0 saturated heterocycles. The van der Waals surface area contributed by atoms with Crippen molar-refractivity contribution in [1.82, 2.24) is 19.9 Å². The average molecular weight is 1170 g/mol. The molecule has 0 aliphatic carbocycles. The molecule has 0 spiro atoms. The Morgan fingerprint density at radius 3 is 0.643 bits per heavy atom. The van der Waals surface area contributed by atoms with E-state index in [1.165, 1.54) is 0 Å². The number of aliphatic carboxylic acids is 4. The van der Waals surface area contributed by atoms with Crippen LogP contribution in [0.15, 0.2) is 122 Å². The van der Waals surface area contributed by atoms with E-state index < -0.39 is 72.5 Å². The minimum Gasteiger partial charge on any atom is -0.480 e. The molecule has 0 bridgehead atoms. The molecule has 0 radical (unpaired) electrons. The van der Waals surface area contributed by atoms with Crippen LogP contribution >= 0.6 is 0 Å². The zero-order chi connectivity index (χ0) is 63.3. The summed E-state index contributed by atoms with van der Waals surface area (Å²) in [5.74, 6) is -4.36. The number of benzene rings is 4. The monoisotopic (exact) mass is 1170 g/mol. The second-order valence-corrected chi connectivity index (χ2v) is 17.9. The van der Waals surface area contributed by atoms with E-state index in [4.69, 9.17) is 81.7 Å². The molecule has 0 unspecified atom stereocenters. The predicted molar refractivity (Wildman–Crippen MR) is 293 cm³/mol. The Bertz CT molecular complexity index is 2970. The number of para-hydroxylation sites is 4. The van der Waals surface area contributed by atoms with Gasteiger partial charge in [-0.3, -0.25) is 19.2 Å². The maximum Gasteiger partial charge on any atom is 0.373 e. The Morgan fingerprint density at radius 1 is 0.333 bits per heavy atom. The number of aliphatic hydroxyl groups is 4. The van der Waals surface area contributed by atoms with Gasteiger partial charge in [0.25, 0.3) is 0 Å². The highest BCUT2D eigenvalue weighted by Gasteiger charge is 2.22. The number of aromatic amines is 4. The fraction of sp³-hybridized carbons (Fsp3) is 0.286. The van der Waals surface area contributed by atoms with Crippen molar-refractivity contribution in [2.75, 3.05) is 0 Å². The lowest BCUT2D eigenvalue weighted by Gasteiger charge is -2.12. The second-order valence-electron chi connectivity index (χ2n) is 17.9. The summed E-state index contributed by atoms with van der Waals surface area (Å²) in [5, 5.41) is 78.3. The summed E-state index contributed by atoms with van der Waals surface area (Å²) in [7, 11) is 0. The number of aromatic nitrogens is 4. The van der Waals surface area contributed by atoms with Crippen LogP contribution in [0.25, 0.3) is 43.6 Å². The molecule has 0 aliphatic heterocycles. The molecule has 0 aliphatic rings. The topological polar surface area (TPSA) is 534 Å². The third kappa shape index (κ3) is 26.1. The van der Waals surface area contributed by atoms with Gasteiger partial charge in [0, 0.05) is 94.1 Å². The quantitative estimate of drug-likeness (QED) is 0.0509. The number of hydrogen-bond donors (Lipinski definition) is 16. The number of hydrogen-bond acceptors (Lipinski definition) is 20. The van der Waals surface area contributed by atoms with Gasteiger partial charge in [0.1, 0.15) is 24.2 Å².